The quantitative estimate of drug-likeness (QED) is 0.450. The molecule has 0 unspecified atom stereocenters. The van der Waals surface area contributed by atoms with Gasteiger partial charge in [-0.2, -0.15) is 4.57 Å². The van der Waals surface area contributed by atoms with E-state index in [1.165, 1.54) is 39.2 Å². The van der Waals surface area contributed by atoms with Crippen LogP contribution in [0.3, 0.4) is 0 Å². The SMILES string of the molecule is Cc1c(-c2c3ccccc3nc[n+]2C)cc(C(C)(C)C)cc1-[n+]1ccccc1C. The van der Waals surface area contributed by atoms with Gasteiger partial charge in [0.1, 0.15) is 5.69 Å². The highest BCUT2D eigenvalue weighted by atomic mass is 15.0. The molecule has 2 heterocycles. The summed E-state index contributed by atoms with van der Waals surface area (Å²) in [5, 5.41) is 1.17. The molecule has 0 atom stereocenters. The van der Waals surface area contributed by atoms with Gasteiger partial charge in [0.25, 0.3) is 6.33 Å². The van der Waals surface area contributed by atoms with Crippen LogP contribution in [0.15, 0.2) is 67.1 Å². The number of aryl methyl sites for hydroxylation is 2. The van der Waals surface area contributed by atoms with Gasteiger partial charge in [-0.15, -0.1) is 0 Å². The molecule has 3 heteroatoms. The van der Waals surface area contributed by atoms with Gasteiger partial charge in [-0.1, -0.05) is 39.0 Å². The Morgan fingerprint density at radius 1 is 0.897 bits per heavy atom. The van der Waals surface area contributed by atoms with Gasteiger partial charge in [-0.25, -0.2) is 4.57 Å². The van der Waals surface area contributed by atoms with Crippen molar-refractivity contribution in [3.8, 4) is 16.9 Å². The molecule has 0 saturated heterocycles. The summed E-state index contributed by atoms with van der Waals surface area (Å²) in [5.74, 6) is 0. The summed E-state index contributed by atoms with van der Waals surface area (Å²) in [4.78, 5) is 4.62. The summed E-state index contributed by atoms with van der Waals surface area (Å²) in [6.07, 6.45) is 4.07. The maximum atomic E-state index is 4.62. The fraction of sp³-hybridized carbons (Fsp3) is 0.269. The minimum absolute atomic E-state index is 0.0435. The van der Waals surface area contributed by atoms with Crippen molar-refractivity contribution < 1.29 is 9.13 Å². The molecule has 0 aliphatic rings. The summed E-state index contributed by atoms with van der Waals surface area (Å²) < 4.78 is 4.43. The van der Waals surface area contributed by atoms with Crippen molar-refractivity contribution in [2.75, 3.05) is 0 Å². The fourth-order valence-corrected chi connectivity index (χ4v) is 3.94. The maximum absolute atomic E-state index is 4.62. The van der Waals surface area contributed by atoms with Crippen LogP contribution in [0, 0.1) is 13.8 Å². The van der Waals surface area contributed by atoms with E-state index in [9.17, 15) is 0 Å². The Hall–Kier alpha value is -3.07. The van der Waals surface area contributed by atoms with Crippen LogP contribution in [-0.2, 0) is 12.5 Å². The highest BCUT2D eigenvalue weighted by Crippen LogP contribution is 2.34. The number of nitrogens with zero attached hydrogens (tertiary/aromatic N) is 3. The highest BCUT2D eigenvalue weighted by Gasteiger charge is 2.26. The van der Waals surface area contributed by atoms with Crippen LogP contribution in [0.2, 0.25) is 0 Å². The number of aromatic nitrogens is 3. The van der Waals surface area contributed by atoms with Crippen molar-refractivity contribution in [2.45, 2.75) is 40.0 Å². The molecule has 2 aromatic heterocycles. The lowest BCUT2D eigenvalue weighted by Gasteiger charge is -2.22. The third-order valence-electron chi connectivity index (χ3n) is 5.71. The van der Waals surface area contributed by atoms with E-state index in [0.717, 1.165) is 5.52 Å². The molecule has 0 bridgehead atoms. The monoisotopic (exact) mass is 383 g/mol. The summed E-state index contributed by atoms with van der Waals surface area (Å²) >= 11 is 0. The predicted octanol–water partition coefficient (Wildman–Crippen LogP) is 4.92. The van der Waals surface area contributed by atoms with Crippen molar-refractivity contribution in [1.29, 1.82) is 0 Å². The van der Waals surface area contributed by atoms with E-state index >= 15 is 0 Å². The van der Waals surface area contributed by atoms with Gasteiger partial charge in [0.15, 0.2) is 17.4 Å². The first-order valence-corrected chi connectivity index (χ1v) is 10.1. The molecule has 4 aromatic rings. The van der Waals surface area contributed by atoms with Gasteiger partial charge >= 0.3 is 0 Å². The molecule has 2 aromatic carbocycles. The first-order chi connectivity index (χ1) is 13.8. The zero-order valence-electron chi connectivity index (χ0n) is 18.2. The van der Waals surface area contributed by atoms with E-state index in [2.05, 4.69) is 111 Å². The zero-order chi connectivity index (χ0) is 20.8. The summed E-state index contributed by atoms with van der Waals surface area (Å²) in [7, 11) is 2.08. The number of hydrogen-bond acceptors (Lipinski definition) is 1. The molecule has 0 fully saturated rings. The van der Waals surface area contributed by atoms with Gasteiger partial charge in [0.2, 0.25) is 5.69 Å². The number of hydrogen-bond donors (Lipinski definition) is 0. The van der Waals surface area contributed by atoms with Crippen LogP contribution >= 0.6 is 0 Å². The number of pyridine rings is 1. The van der Waals surface area contributed by atoms with E-state index in [-0.39, 0.29) is 5.41 Å². The molecule has 4 rings (SSSR count). The second-order valence-electron chi connectivity index (χ2n) is 8.85. The van der Waals surface area contributed by atoms with Crippen LogP contribution < -0.4 is 9.13 Å². The van der Waals surface area contributed by atoms with Gasteiger partial charge in [0, 0.05) is 36.2 Å². The van der Waals surface area contributed by atoms with Crippen LogP contribution in [0.5, 0.6) is 0 Å². The Bertz CT molecular complexity index is 1220. The van der Waals surface area contributed by atoms with Crippen molar-refractivity contribution in [1.82, 2.24) is 4.98 Å². The molecule has 0 spiro atoms. The second kappa shape index (κ2) is 7.07. The largest absolute Gasteiger partial charge is 0.287 e. The lowest BCUT2D eigenvalue weighted by molar-refractivity contribution is -0.662. The minimum atomic E-state index is 0.0435. The predicted molar refractivity (Wildman–Crippen MR) is 118 cm³/mol. The van der Waals surface area contributed by atoms with E-state index in [4.69, 9.17) is 0 Å². The number of fused-ring (bicyclic) bond motifs is 1. The Morgan fingerprint density at radius 3 is 2.34 bits per heavy atom. The number of rotatable bonds is 2. The topological polar surface area (TPSA) is 20.6 Å². The molecule has 0 saturated carbocycles. The van der Waals surface area contributed by atoms with Crippen molar-refractivity contribution in [3.63, 3.8) is 0 Å². The van der Waals surface area contributed by atoms with Gasteiger partial charge in [-0.05, 0) is 41.1 Å². The molecule has 146 valence electrons. The van der Waals surface area contributed by atoms with E-state index < -0.39 is 0 Å². The van der Waals surface area contributed by atoms with Crippen LogP contribution in [0.1, 0.15) is 37.6 Å². The van der Waals surface area contributed by atoms with E-state index in [0.29, 0.717) is 0 Å². The zero-order valence-corrected chi connectivity index (χ0v) is 18.2. The maximum Gasteiger partial charge on any atom is 0.287 e. The van der Waals surface area contributed by atoms with Crippen molar-refractivity contribution in [2.24, 2.45) is 7.05 Å². The smallest absolute Gasteiger partial charge is 0.232 e. The molecular formula is C26H29N3+2. The molecular weight excluding hydrogens is 354 g/mol. The fourth-order valence-electron chi connectivity index (χ4n) is 3.94. The molecule has 0 amide bonds. The Balaban J connectivity index is 2.12. The number of para-hydroxylation sites is 1. The lowest BCUT2D eigenvalue weighted by atomic mass is 9.83. The molecule has 29 heavy (non-hydrogen) atoms. The lowest BCUT2D eigenvalue weighted by Crippen LogP contribution is -2.36. The Morgan fingerprint density at radius 2 is 1.62 bits per heavy atom. The Labute approximate surface area is 173 Å². The van der Waals surface area contributed by atoms with Crippen LogP contribution in [0.4, 0.5) is 0 Å². The first-order valence-electron chi connectivity index (χ1n) is 10.1. The Kier molecular flexibility index (Phi) is 4.70. The second-order valence-corrected chi connectivity index (χ2v) is 8.85. The average molecular weight is 384 g/mol. The van der Waals surface area contributed by atoms with Crippen molar-refractivity contribution >= 4 is 10.9 Å². The van der Waals surface area contributed by atoms with Gasteiger partial charge < -0.3 is 0 Å². The molecule has 0 aliphatic carbocycles. The summed E-state index contributed by atoms with van der Waals surface area (Å²) in [6.45, 7) is 11.2. The summed E-state index contributed by atoms with van der Waals surface area (Å²) in [6, 6.07) is 19.4. The number of benzene rings is 2. The standard InChI is InChI=1S/C26H29N3/c1-18-11-9-10-14-29(18)24-16-20(26(3,4)5)15-22(19(24)2)25-21-12-7-8-13-23(21)27-17-28(25)6/h7-17H,1-6H3/q+2. The third-order valence-corrected chi connectivity index (χ3v) is 5.71. The minimum Gasteiger partial charge on any atom is -0.232 e. The molecule has 3 nitrogen and oxygen atoms in total. The third kappa shape index (κ3) is 3.42. The molecule has 0 N–H and O–H groups in total. The highest BCUT2D eigenvalue weighted by molar-refractivity contribution is 5.91. The van der Waals surface area contributed by atoms with Crippen molar-refractivity contribution in [3.05, 3.63) is 83.9 Å². The normalized spacial score (nSPS) is 11.8. The molecule has 0 aliphatic heterocycles. The van der Waals surface area contributed by atoms with E-state index in [1.54, 1.807) is 0 Å². The van der Waals surface area contributed by atoms with Crippen LogP contribution in [0.25, 0.3) is 27.8 Å². The summed E-state index contributed by atoms with van der Waals surface area (Å²) in [5.41, 5.74) is 8.56. The van der Waals surface area contributed by atoms with Gasteiger partial charge in [0.05, 0.1) is 12.4 Å². The van der Waals surface area contributed by atoms with E-state index in [1.807, 2.05) is 12.4 Å². The van der Waals surface area contributed by atoms with Crippen LogP contribution in [-0.4, -0.2) is 4.98 Å². The first kappa shape index (κ1) is 19.3. The average Bonchev–Trinajstić information content (AvgIpc) is 2.68. The van der Waals surface area contributed by atoms with Gasteiger partial charge in [-0.3, -0.25) is 0 Å². The molecule has 0 radical (unpaired) electrons.